The third-order valence-corrected chi connectivity index (χ3v) is 6.06. The molecule has 2 rings (SSSR count). The lowest BCUT2D eigenvalue weighted by Crippen LogP contribution is -2.41. The molecule has 1 amide bonds. The van der Waals surface area contributed by atoms with Crippen LogP contribution in [0.1, 0.15) is 42.5 Å². The minimum absolute atomic E-state index is 0.0461. The van der Waals surface area contributed by atoms with E-state index in [0.717, 1.165) is 16.4 Å². The van der Waals surface area contributed by atoms with Crippen molar-refractivity contribution in [3.63, 3.8) is 0 Å². The fraction of sp³-hybridized carbons (Fsp3) is 0.533. The van der Waals surface area contributed by atoms with E-state index in [4.69, 9.17) is 0 Å². The highest BCUT2D eigenvalue weighted by Gasteiger charge is 2.31. The molecule has 1 aromatic rings. The minimum atomic E-state index is -0.181. The van der Waals surface area contributed by atoms with Gasteiger partial charge in [-0.3, -0.25) is 4.79 Å². The van der Waals surface area contributed by atoms with Gasteiger partial charge in [-0.05, 0) is 59.9 Å². The maximum absolute atomic E-state index is 12.2. The zero-order valence-corrected chi connectivity index (χ0v) is 14.6. The predicted molar refractivity (Wildman–Crippen MR) is 92.5 cm³/mol. The molecule has 0 spiro atoms. The molecule has 1 fully saturated rings. The van der Waals surface area contributed by atoms with Crippen LogP contribution in [0.15, 0.2) is 18.2 Å². The Morgan fingerprint density at radius 1 is 1.40 bits per heavy atom. The summed E-state index contributed by atoms with van der Waals surface area (Å²) < 4.78 is 1.12. The number of amides is 1. The van der Waals surface area contributed by atoms with E-state index in [1.807, 2.05) is 11.8 Å². The zero-order chi connectivity index (χ0) is 14.6. The van der Waals surface area contributed by atoms with E-state index in [-0.39, 0.29) is 16.4 Å². The van der Waals surface area contributed by atoms with Crippen LogP contribution in [0.2, 0.25) is 0 Å². The number of carbonyl (C=O) groups is 1. The van der Waals surface area contributed by atoms with Crippen molar-refractivity contribution in [1.82, 2.24) is 5.32 Å². The zero-order valence-electron chi connectivity index (χ0n) is 11.6. The molecule has 0 aromatic heterocycles. The Labute approximate surface area is 138 Å². The molecular weight excluding hydrogens is 385 g/mol. The van der Waals surface area contributed by atoms with Gasteiger partial charge >= 0.3 is 0 Å². The summed E-state index contributed by atoms with van der Waals surface area (Å²) in [4.78, 5) is 12.2. The maximum atomic E-state index is 12.2. The monoisotopic (exact) mass is 405 g/mol. The van der Waals surface area contributed by atoms with Gasteiger partial charge in [-0.25, -0.2) is 0 Å². The minimum Gasteiger partial charge on any atom is -0.507 e. The predicted octanol–water partition coefficient (Wildman–Crippen LogP) is 3.79. The number of rotatable bonds is 4. The van der Waals surface area contributed by atoms with Crippen LogP contribution in [0.25, 0.3) is 0 Å². The number of hydrogen-bond donors (Lipinski definition) is 2. The first-order chi connectivity index (χ1) is 9.56. The summed E-state index contributed by atoms with van der Waals surface area (Å²) >= 11 is 4.00. The smallest absolute Gasteiger partial charge is 0.255 e. The fourth-order valence-electron chi connectivity index (χ4n) is 2.68. The molecule has 0 heterocycles. The highest BCUT2D eigenvalue weighted by molar-refractivity contribution is 14.1. The van der Waals surface area contributed by atoms with Gasteiger partial charge < -0.3 is 10.4 Å². The highest BCUT2D eigenvalue weighted by atomic mass is 127. The normalized spacial score (nSPS) is 17.7. The molecular formula is C15H20INO2S. The van der Waals surface area contributed by atoms with Gasteiger partial charge in [0.1, 0.15) is 5.75 Å². The van der Waals surface area contributed by atoms with Gasteiger partial charge in [0, 0.05) is 14.9 Å². The molecule has 0 bridgehead atoms. The quantitative estimate of drug-likeness (QED) is 0.750. The van der Waals surface area contributed by atoms with Crippen LogP contribution in [0.5, 0.6) is 5.75 Å². The van der Waals surface area contributed by atoms with Crippen LogP contribution in [0.4, 0.5) is 0 Å². The van der Waals surface area contributed by atoms with Crippen LogP contribution in [0, 0.1) is 3.57 Å². The third-order valence-electron chi connectivity index (χ3n) is 3.97. The van der Waals surface area contributed by atoms with Gasteiger partial charge in [0.25, 0.3) is 5.91 Å². The standard InChI is InChI=1S/C15H20INO2S/c1-20-15(7-3-2-4-8-15)10-17-14(19)12-9-11(16)5-6-13(12)18/h5-6,9,18H,2-4,7-8,10H2,1H3,(H,17,19). The first-order valence-corrected chi connectivity index (χ1v) is 9.18. The van der Waals surface area contributed by atoms with E-state index in [1.165, 1.54) is 19.3 Å². The van der Waals surface area contributed by atoms with Crippen molar-refractivity contribution in [2.45, 2.75) is 36.9 Å². The molecule has 1 aliphatic carbocycles. The number of aromatic hydroxyl groups is 1. The number of hydrogen-bond acceptors (Lipinski definition) is 3. The van der Waals surface area contributed by atoms with E-state index >= 15 is 0 Å². The summed E-state index contributed by atoms with van der Waals surface area (Å²) in [6.07, 6.45) is 8.23. The molecule has 2 N–H and O–H groups in total. The topological polar surface area (TPSA) is 49.3 Å². The van der Waals surface area contributed by atoms with Gasteiger partial charge in [-0.1, -0.05) is 19.3 Å². The highest BCUT2D eigenvalue weighted by Crippen LogP contribution is 2.38. The van der Waals surface area contributed by atoms with E-state index in [0.29, 0.717) is 12.1 Å². The van der Waals surface area contributed by atoms with E-state index in [2.05, 4.69) is 34.2 Å². The Hall–Kier alpha value is -0.430. The van der Waals surface area contributed by atoms with E-state index < -0.39 is 0 Å². The van der Waals surface area contributed by atoms with Crippen molar-refractivity contribution in [3.8, 4) is 5.75 Å². The molecule has 0 atom stereocenters. The molecule has 0 saturated heterocycles. The van der Waals surface area contributed by atoms with Crippen molar-refractivity contribution in [3.05, 3.63) is 27.3 Å². The molecule has 0 aliphatic heterocycles. The van der Waals surface area contributed by atoms with Crippen LogP contribution in [-0.2, 0) is 0 Å². The average Bonchev–Trinajstić information content (AvgIpc) is 2.48. The van der Waals surface area contributed by atoms with Crippen LogP contribution in [-0.4, -0.2) is 28.6 Å². The summed E-state index contributed by atoms with van der Waals surface area (Å²) in [7, 11) is 0. The number of phenolic OH excluding ortho intramolecular Hbond substituents is 1. The largest absolute Gasteiger partial charge is 0.507 e. The van der Waals surface area contributed by atoms with Crippen molar-refractivity contribution in [2.75, 3.05) is 12.8 Å². The molecule has 1 saturated carbocycles. The van der Waals surface area contributed by atoms with Gasteiger partial charge in [0.05, 0.1) is 5.56 Å². The Morgan fingerprint density at radius 3 is 2.75 bits per heavy atom. The molecule has 3 nitrogen and oxygen atoms in total. The van der Waals surface area contributed by atoms with E-state index in [9.17, 15) is 9.90 Å². The number of phenols is 1. The molecule has 1 aliphatic rings. The van der Waals surface area contributed by atoms with Crippen LogP contribution < -0.4 is 5.32 Å². The van der Waals surface area contributed by atoms with Crippen molar-refractivity contribution < 1.29 is 9.90 Å². The second kappa shape index (κ2) is 7.02. The van der Waals surface area contributed by atoms with Gasteiger partial charge in [0.2, 0.25) is 0 Å². The third kappa shape index (κ3) is 3.81. The van der Waals surface area contributed by atoms with Gasteiger partial charge in [0.15, 0.2) is 0 Å². The van der Waals surface area contributed by atoms with E-state index in [1.54, 1.807) is 18.2 Å². The molecule has 110 valence electrons. The second-order valence-electron chi connectivity index (χ2n) is 5.29. The number of carbonyl (C=O) groups excluding carboxylic acids is 1. The number of benzene rings is 1. The Kier molecular flexibility index (Phi) is 5.60. The summed E-state index contributed by atoms with van der Waals surface area (Å²) in [5.41, 5.74) is 0.365. The lowest BCUT2D eigenvalue weighted by molar-refractivity contribution is 0.0944. The summed E-state index contributed by atoms with van der Waals surface area (Å²) in [5, 5.41) is 12.8. The Morgan fingerprint density at radius 2 is 2.10 bits per heavy atom. The lowest BCUT2D eigenvalue weighted by Gasteiger charge is -2.35. The van der Waals surface area contributed by atoms with Crippen molar-refractivity contribution in [1.29, 1.82) is 0 Å². The maximum Gasteiger partial charge on any atom is 0.255 e. The van der Waals surface area contributed by atoms with Crippen LogP contribution >= 0.6 is 34.4 Å². The van der Waals surface area contributed by atoms with Gasteiger partial charge in [-0.15, -0.1) is 0 Å². The number of halogens is 1. The Balaban J connectivity index is 2.02. The number of thioether (sulfide) groups is 1. The number of nitrogens with one attached hydrogen (secondary N) is 1. The van der Waals surface area contributed by atoms with Crippen LogP contribution in [0.3, 0.4) is 0 Å². The fourth-order valence-corrected chi connectivity index (χ4v) is 4.08. The van der Waals surface area contributed by atoms with Crippen molar-refractivity contribution >= 4 is 40.3 Å². The lowest BCUT2D eigenvalue weighted by atomic mass is 9.88. The van der Waals surface area contributed by atoms with Crippen molar-refractivity contribution in [2.24, 2.45) is 0 Å². The first-order valence-electron chi connectivity index (χ1n) is 6.88. The molecule has 0 radical (unpaired) electrons. The second-order valence-corrected chi connectivity index (χ2v) is 7.81. The summed E-state index contributed by atoms with van der Waals surface area (Å²) in [5.74, 6) is -0.134. The first kappa shape index (κ1) is 15.9. The molecule has 20 heavy (non-hydrogen) atoms. The molecule has 5 heteroatoms. The molecule has 0 unspecified atom stereocenters. The average molecular weight is 405 g/mol. The summed E-state index contributed by atoms with van der Waals surface area (Å²) in [6, 6.07) is 5.08. The SMILES string of the molecule is CSC1(CNC(=O)c2cc(I)ccc2O)CCCCC1. The summed E-state index contributed by atoms with van der Waals surface area (Å²) in [6.45, 7) is 0.678. The molecule has 1 aromatic carbocycles. The Bertz CT molecular complexity index is 487. The van der Waals surface area contributed by atoms with Gasteiger partial charge in [-0.2, -0.15) is 11.8 Å².